The normalized spacial score (nSPS) is 27.3. The van der Waals surface area contributed by atoms with Crippen LogP contribution in [-0.2, 0) is 9.31 Å². The second-order valence-corrected chi connectivity index (χ2v) is 6.34. The SMILES string of the molecule is CC1(C)OB(CC=C2CCCCC2)OC1(C)C. The lowest BCUT2D eigenvalue weighted by Gasteiger charge is -2.32. The van der Waals surface area contributed by atoms with Crippen LogP contribution in [-0.4, -0.2) is 18.3 Å². The smallest absolute Gasteiger partial charge is 0.403 e. The summed E-state index contributed by atoms with van der Waals surface area (Å²) in [4.78, 5) is 0. The second kappa shape index (κ2) is 4.77. The van der Waals surface area contributed by atoms with E-state index in [9.17, 15) is 0 Å². The van der Waals surface area contributed by atoms with Crippen LogP contribution in [0.25, 0.3) is 0 Å². The highest BCUT2D eigenvalue weighted by molar-refractivity contribution is 6.46. The van der Waals surface area contributed by atoms with Gasteiger partial charge in [-0.2, -0.15) is 0 Å². The van der Waals surface area contributed by atoms with Gasteiger partial charge in [0.25, 0.3) is 0 Å². The molecule has 0 aromatic rings. The Morgan fingerprint density at radius 2 is 1.53 bits per heavy atom. The van der Waals surface area contributed by atoms with Gasteiger partial charge in [-0.25, -0.2) is 0 Å². The van der Waals surface area contributed by atoms with E-state index in [1.54, 1.807) is 5.57 Å². The summed E-state index contributed by atoms with van der Waals surface area (Å²) in [5.41, 5.74) is 1.22. The van der Waals surface area contributed by atoms with E-state index in [0.29, 0.717) is 0 Å². The van der Waals surface area contributed by atoms with Crippen LogP contribution in [0.1, 0.15) is 59.8 Å². The summed E-state index contributed by atoms with van der Waals surface area (Å²) < 4.78 is 12.0. The van der Waals surface area contributed by atoms with Crippen molar-refractivity contribution in [2.24, 2.45) is 0 Å². The molecule has 1 aliphatic carbocycles. The molecule has 2 rings (SSSR count). The first-order chi connectivity index (χ1) is 7.91. The van der Waals surface area contributed by atoms with Crippen LogP contribution in [0.15, 0.2) is 11.6 Å². The Hall–Kier alpha value is -0.275. The van der Waals surface area contributed by atoms with Crippen molar-refractivity contribution in [1.82, 2.24) is 0 Å². The average Bonchev–Trinajstić information content (AvgIpc) is 2.46. The van der Waals surface area contributed by atoms with Crippen molar-refractivity contribution in [2.75, 3.05) is 0 Å². The lowest BCUT2D eigenvalue weighted by atomic mass is 9.82. The third-order valence-corrected chi connectivity index (χ3v) is 4.40. The fraction of sp³-hybridized carbons (Fsp3) is 0.857. The third-order valence-electron chi connectivity index (χ3n) is 4.40. The van der Waals surface area contributed by atoms with Gasteiger partial charge < -0.3 is 9.31 Å². The van der Waals surface area contributed by atoms with Crippen molar-refractivity contribution in [3.05, 3.63) is 11.6 Å². The Balaban J connectivity index is 1.89. The van der Waals surface area contributed by atoms with Crippen LogP contribution in [0.5, 0.6) is 0 Å². The molecule has 0 radical (unpaired) electrons. The van der Waals surface area contributed by atoms with Crippen molar-refractivity contribution >= 4 is 7.12 Å². The van der Waals surface area contributed by atoms with E-state index in [1.165, 1.54) is 32.1 Å². The average molecular weight is 236 g/mol. The Morgan fingerprint density at radius 1 is 1.00 bits per heavy atom. The van der Waals surface area contributed by atoms with Gasteiger partial charge in [0.1, 0.15) is 0 Å². The maximum Gasteiger partial charge on any atom is 0.461 e. The van der Waals surface area contributed by atoms with Crippen LogP contribution in [0, 0.1) is 0 Å². The van der Waals surface area contributed by atoms with Crippen molar-refractivity contribution in [1.29, 1.82) is 0 Å². The van der Waals surface area contributed by atoms with E-state index in [-0.39, 0.29) is 18.3 Å². The Labute approximate surface area is 106 Å². The highest BCUT2D eigenvalue weighted by atomic mass is 16.7. The predicted molar refractivity (Wildman–Crippen MR) is 72.1 cm³/mol. The third kappa shape index (κ3) is 2.94. The minimum Gasteiger partial charge on any atom is -0.403 e. The fourth-order valence-electron chi connectivity index (χ4n) is 2.53. The van der Waals surface area contributed by atoms with E-state index >= 15 is 0 Å². The summed E-state index contributed by atoms with van der Waals surface area (Å²) >= 11 is 0. The molecule has 1 saturated carbocycles. The molecule has 0 aromatic heterocycles. The van der Waals surface area contributed by atoms with Gasteiger partial charge in [0.2, 0.25) is 0 Å². The fourth-order valence-corrected chi connectivity index (χ4v) is 2.53. The van der Waals surface area contributed by atoms with E-state index in [0.717, 1.165) is 6.32 Å². The molecule has 1 saturated heterocycles. The van der Waals surface area contributed by atoms with E-state index in [4.69, 9.17) is 9.31 Å². The van der Waals surface area contributed by atoms with Gasteiger partial charge in [0.05, 0.1) is 11.2 Å². The first kappa shape index (κ1) is 13.2. The molecule has 3 heteroatoms. The Kier molecular flexibility index (Phi) is 3.70. The van der Waals surface area contributed by atoms with E-state index in [2.05, 4.69) is 33.8 Å². The number of hydrogen-bond acceptors (Lipinski definition) is 2. The summed E-state index contributed by atoms with van der Waals surface area (Å²) in [7, 11) is -0.0607. The lowest BCUT2D eigenvalue weighted by Crippen LogP contribution is -2.41. The van der Waals surface area contributed by atoms with Crippen LogP contribution >= 0.6 is 0 Å². The maximum atomic E-state index is 5.99. The molecular formula is C14H25BO2. The van der Waals surface area contributed by atoms with Crippen LogP contribution in [0.2, 0.25) is 6.32 Å². The zero-order valence-electron chi connectivity index (χ0n) is 11.7. The zero-order chi connectivity index (χ0) is 12.5. The largest absolute Gasteiger partial charge is 0.461 e. The molecule has 0 amide bonds. The number of allylic oxidation sites excluding steroid dienone is 2. The molecule has 96 valence electrons. The lowest BCUT2D eigenvalue weighted by molar-refractivity contribution is 0.00578. The molecule has 0 spiro atoms. The molecule has 0 N–H and O–H groups in total. The number of rotatable bonds is 2. The summed E-state index contributed by atoms with van der Waals surface area (Å²) in [6.07, 6.45) is 9.92. The molecule has 0 aromatic carbocycles. The van der Waals surface area contributed by atoms with Crippen molar-refractivity contribution in [2.45, 2.75) is 77.3 Å². The van der Waals surface area contributed by atoms with Gasteiger partial charge in [-0.1, -0.05) is 18.1 Å². The molecule has 0 atom stereocenters. The quantitative estimate of drug-likeness (QED) is 0.533. The van der Waals surface area contributed by atoms with Crippen molar-refractivity contribution < 1.29 is 9.31 Å². The minimum absolute atomic E-state index is 0.0607. The van der Waals surface area contributed by atoms with Crippen LogP contribution < -0.4 is 0 Å². The van der Waals surface area contributed by atoms with Gasteiger partial charge in [-0.3, -0.25) is 0 Å². The van der Waals surface area contributed by atoms with Gasteiger partial charge in [0, 0.05) is 6.32 Å². The molecule has 1 aliphatic heterocycles. The standard InChI is InChI=1S/C14H25BO2/c1-13(2)14(3,4)17-15(16-13)11-10-12-8-6-5-7-9-12/h10H,5-9,11H2,1-4H3. The molecule has 0 unspecified atom stereocenters. The summed E-state index contributed by atoms with van der Waals surface area (Å²) in [5.74, 6) is 0. The highest BCUT2D eigenvalue weighted by Crippen LogP contribution is 2.38. The Morgan fingerprint density at radius 3 is 2.06 bits per heavy atom. The minimum atomic E-state index is -0.192. The monoisotopic (exact) mass is 236 g/mol. The zero-order valence-corrected chi connectivity index (χ0v) is 11.7. The summed E-state index contributed by atoms with van der Waals surface area (Å²) in [5, 5.41) is 0. The molecule has 2 nitrogen and oxygen atoms in total. The molecule has 17 heavy (non-hydrogen) atoms. The maximum absolute atomic E-state index is 5.99. The highest BCUT2D eigenvalue weighted by Gasteiger charge is 2.50. The van der Waals surface area contributed by atoms with Gasteiger partial charge >= 0.3 is 7.12 Å². The molecule has 2 aliphatic rings. The molecule has 1 heterocycles. The first-order valence-corrected chi connectivity index (χ1v) is 6.94. The summed E-state index contributed by atoms with van der Waals surface area (Å²) in [6.45, 7) is 8.45. The van der Waals surface area contributed by atoms with E-state index < -0.39 is 0 Å². The van der Waals surface area contributed by atoms with E-state index in [1.807, 2.05) is 0 Å². The van der Waals surface area contributed by atoms with Crippen LogP contribution in [0.3, 0.4) is 0 Å². The summed E-state index contributed by atoms with van der Waals surface area (Å²) in [6, 6.07) is 0. The second-order valence-electron chi connectivity index (χ2n) is 6.34. The van der Waals surface area contributed by atoms with Crippen LogP contribution in [0.4, 0.5) is 0 Å². The molecule has 0 bridgehead atoms. The number of hydrogen-bond donors (Lipinski definition) is 0. The first-order valence-electron chi connectivity index (χ1n) is 6.94. The predicted octanol–water partition coefficient (Wildman–Crippen LogP) is 3.97. The van der Waals surface area contributed by atoms with Gasteiger partial charge in [-0.05, 0) is 53.4 Å². The van der Waals surface area contributed by atoms with Crippen molar-refractivity contribution in [3.8, 4) is 0 Å². The molecule has 2 fully saturated rings. The Bertz CT molecular complexity index is 283. The van der Waals surface area contributed by atoms with Gasteiger partial charge in [-0.15, -0.1) is 0 Å². The topological polar surface area (TPSA) is 18.5 Å². The molecular weight excluding hydrogens is 211 g/mol. The van der Waals surface area contributed by atoms with Crippen molar-refractivity contribution in [3.63, 3.8) is 0 Å². The van der Waals surface area contributed by atoms with Gasteiger partial charge in [0.15, 0.2) is 0 Å².